The summed E-state index contributed by atoms with van der Waals surface area (Å²) in [5.41, 5.74) is 2.53. The van der Waals surface area contributed by atoms with E-state index in [4.69, 9.17) is 4.55 Å². The van der Waals surface area contributed by atoms with Crippen molar-refractivity contribution < 1.29 is 35.6 Å². The zero-order valence-corrected chi connectivity index (χ0v) is 13.9. The van der Waals surface area contributed by atoms with Gasteiger partial charge in [0.2, 0.25) is 0 Å². The number of rotatable bonds is 4. The SMILES string of the molecule is O=C(NN1CCCCC1)[C@@H]1CC(F)(F)[C@@H]2CN1C(=O)N2OS(=O)(=O)O. The van der Waals surface area contributed by atoms with E-state index in [0.29, 0.717) is 13.1 Å². The van der Waals surface area contributed by atoms with Crippen molar-refractivity contribution in [3.63, 3.8) is 0 Å². The van der Waals surface area contributed by atoms with E-state index in [0.717, 1.165) is 24.2 Å². The quantitative estimate of drug-likeness (QED) is 0.642. The fourth-order valence-corrected chi connectivity index (χ4v) is 3.69. The van der Waals surface area contributed by atoms with Crippen molar-refractivity contribution in [3.8, 4) is 0 Å². The lowest BCUT2D eigenvalue weighted by atomic mass is 9.96. The van der Waals surface area contributed by atoms with Crippen molar-refractivity contribution >= 4 is 22.3 Å². The molecule has 3 aliphatic rings. The third-order valence-electron chi connectivity index (χ3n) is 4.52. The topological polar surface area (TPSA) is 119 Å². The van der Waals surface area contributed by atoms with Gasteiger partial charge in [-0.1, -0.05) is 6.42 Å². The van der Waals surface area contributed by atoms with Crippen LogP contribution in [0.1, 0.15) is 25.7 Å². The lowest BCUT2D eigenvalue weighted by molar-refractivity contribution is -0.156. The molecule has 3 fully saturated rings. The molecule has 3 heterocycles. The Balaban J connectivity index is 1.77. The molecule has 0 saturated carbocycles. The van der Waals surface area contributed by atoms with Crippen LogP contribution in [-0.4, -0.2) is 77.5 Å². The number of nitrogens with zero attached hydrogens (tertiary/aromatic N) is 3. The molecule has 3 saturated heterocycles. The van der Waals surface area contributed by atoms with Gasteiger partial charge in [0.25, 0.3) is 11.8 Å². The summed E-state index contributed by atoms with van der Waals surface area (Å²) in [7, 11) is -5.15. The number of nitrogens with one attached hydrogen (secondary N) is 1. The number of hydroxylamine groups is 2. The molecular formula is C12H18F2N4O6S. The summed E-state index contributed by atoms with van der Waals surface area (Å²) < 4.78 is 62.9. The molecule has 2 atom stereocenters. The first-order valence-corrected chi connectivity index (χ1v) is 9.15. The lowest BCUT2D eigenvalue weighted by Crippen LogP contribution is -2.59. The third kappa shape index (κ3) is 3.68. The van der Waals surface area contributed by atoms with Crippen molar-refractivity contribution in [3.05, 3.63) is 0 Å². The Morgan fingerprint density at radius 1 is 1.28 bits per heavy atom. The van der Waals surface area contributed by atoms with E-state index in [-0.39, 0.29) is 5.06 Å². The standard InChI is InChI=1S/C12H18F2N4O6S/c13-12(14)6-8(10(19)15-16-4-2-1-3-5-16)17-7-9(12)18(11(17)20)24-25(21,22)23/h8-9H,1-7H2,(H,15,19)(H,21,22,23)/t8-,9-/m0/s1. The molecule has 25 heavy (non-hydrogen) atoms. The summed E-state index contributed by atoms with van der Waals surface area (Å²) in [5.74, 6) is -4.32. The van der Waals surface area contributed by atoms with Gasteiger partial charge in [0.15, 0.2) is 0 Å². The Kier molecular flexibility index (Phi) is 4.59. The number of urea groups is 1. The van der Waals surface area contributed by atoms with Crippen molar-refractivity contribution in [1.29, 1.82) is 0 Å². The van der Waals surface area contributed by atoms with Crippen LogP contribution in [0.25, 0.3) is 0 Å². The largest absolute Gasteiger partial charge is 0.418 e. The van der Waals surface area contributed by atoms with Crippen LogP contribution in [0.2, 0.25) is 0 Å². The number of hydrogen-bond acceptors (Lipinski definition) is 6. The number of piperidine rings is 2. The fraction of sp³-hybridized carbons (Fsp3) is 0.833. The Labute approximate surface area is 142 Å². The van der Waals surface area contributed by atoms with E-state index in [2.05, 4.69) is 9.71 Å². The highest BCUT2D eigenvalue weighted by Crippen LogP contribution is 2.41. The first-order chi connectivity index (χ1) is 11.6. The van der Waals surface area contributed by atoms with Gasteiger partial charge < -0.3 is 4.90 Å². The van der Waals surface area contributed by atoms with E-state index in [1.165, 1.54) is 0 Å². The number of carbonyl (C=O) groups is 2. The first-order valence-electron chi connectivity index (χ1n) is 7.78. The van der Waals surface area contributed by atoms with E-state index < -0.39 is 53.3 Å². The molecule has 0 unspecified atom stereocenters. The maximum atomic E-state index is 14.3. The number of amides is 3. The molecule has 0 aromatic carbocycles. The summed E-state index contributed by atoms with van der Waals surface area (Å²) in [6.07, 6.45) is 1.78. The molecule has 142 valence electrons. The zero-order valence-electron chi connectivity index (χ0n) is 13.1. The van der Waals surface area contributed by atoms with Gasteiger partial charge in [-0.3, -0.25) is 14.8 Å². The molecule has 10 nitrogen and oxygen atoms in total. The van der Waals surface area contributed by atoms with Gasteiger partial charge >= 0.3 is 16.4 Å². The average Bonchev–Trinajstić information content (AvgIpc) is 2.79. The van der Waals surface area contributed by atoms with Crippen LogP contribution < -0.4 is 5.43 Å². The zero-order chi connectivity index (χ0) is 18.4. The predicted octanol–water partition coefficient (Wildman–Crippen LogP) is -0.248. The predicted molar refractivity (Wildman–Crippen MR) is 77.3 cm³/mol. The van der Waals surface area contributed by atoms with Crippen LogP contribution in [-0.2, 0) is 19.5 Å². The van der Waals surface area contributed by atoms with Gasteiger partial charge in [0.05, 0.1) is 6.54 Å². The number of carbonyl (C=O) groups excluding carboxylic acids is 2. The summed E-state index contributed by atoms with van der Waals surface area (Å²) in [6, 6.07) is -4.57. The molecule has 0 aromatic heterocycles. The summed E-state index contributed by atoms with van der Waals surface area (Å²) >= 11 is 0. The Hall–Kier alpha value is -1.57. The minimum atomic E-state index is -5.15. The van der Waals surface area contributed by atoms with Crippen LogP contribution in [0.5, 0.6) is 0 Å². The molecule has 0 radical (unpaired) electrons. The maximum absolute atomic E-state index is 14.3. The maximum Gasteiger partial charge on any atom is 0.418 e. The van der Waals surface area contributed by atoms with Crippen LogP contribution >= 0.6 is 0 Å². The number of hydrazine groups is 1. The Morgan fingerprint density at radius 2 is 1.92 bits per heavy atom. The van der Waals surface area contributed by atoms with E-state index in [9.17, 15) is 26.8 Å². The molecule has 3 aliphatic heterocycles. The van der Waals surface area contributed by atoms with Gasteiger partial charge in [-0.25, -0.2) is 18.6 Å². The minimum Gasteiger partial charge on any atom is -0.308 e. The number of halogens is 2. The molecule has 2 N–H and O–H groups in total. The fourth-order valence-electron chi connectivity index (χ4n) is 3.32. The van der Waals surface area contributed by atoms with Crippen molar-refractivity contribution in [2.45, 2.75) is 43.7 Å². The summed E-state index contributed by atoms with van der Waals surface area (Å²) in [6.45, 7) is 0.590. The van der Waals surface area contributed by atoms with E-state index in [1.54, 1.807) is 5.01 Å². The number of hydrogen-bond donors (Lipinski definition) is 2. The third-order valence-corrected chi connectivity index (χ3v) is 4.87. The highest BCUT2D eigenvalue weighted by Gasteiger charge is 2.62. The van der Waals surface area contributed by atoms with Crippen molar-refractivity contribution in [1.82, 2.24) is 20.4 Å². The van der Waals surface area contributed by atoms with Gasteiger partial charge in [0, 0.05) is 19.5 Å². The number of fused-ring (bicyclic) bond motifs is 2. The minimum absolute atomic E-state index is 0.0799. The van der Waals surface area contributed by atoms with Crippen LogP contribution in [0.15, 0.2) is 0 Å². The van der Waals surface area contributed by atoms with Crippen molar-refractivity contribution in [2.24, 2.45) is 0 Å². The highest BCUT2D eigenvalue weighted by molar-refractivity contribution is 7.80. The second-order valence-electron chi connectivity index (χ2n) is 6.28. The molecule has 13 heteroatoms. The normalized spacial score (nSPS) is 29.8. The van der Waals surface area contributed by atoms with Crippen LogP contribution in [0.4, 0.5) is 13.6 Å². The van der Waals surface area contributed by atoms with Gasteiger partial charge in [0.1, 0.15) is 12.1 Å². The van der Waals surface area contributed by atoms with Crippen molar-refractivity contribution in [2.75, 3.05) is 19.6 Å². The monoisotopic (exact) mass is 384 g/mol. The Morgan fingerprint density at radius 3 is 2.52 bits per heavy atom. The molecule has 3 amide bonds. The molecule has 0 aliphatic carbocycles. The second-order valence-corrected chi connectivity index (χ2v) is 7.29. The lowest BCUT2D eigenvalue weighted by Gasteiger charge is -2.36. The van der Waals surface area contributed by atoms with Gasteiger partial charge in [-0.2, -0.15) is 13.5 Å². The number of alkyl halides is 2. The summed E-state index contributed by atoms with van der Waals surface area (Å²) in [5, 5.41) is 1.53. The molecule has 0 spiro atoms. The van der Waals surface area contributed by atoms with Crippen LogP contribution in [0, 0.1) is 0 Å². The second kappa shape index (κ2) is 6.30. The van der Waals surface area contributed by atoms with Gasteiger partial charge in [-0.05, 0) is 12.8 Å². The highest BCUT2D eigenvalue weighted by atomic mass is 32.3. The molecule has 0 aromatic rings. The van der Waals surface area contributed by atoms with E-state index >= 15 is 0 Å². The van der Waals surface area contributed by atoms with Crippen LogP contribution in [0.3, 0.4) is 0 Å². The molecule has 3 rings (SSSR count). The summed E-state index contributed by atoms with van der Waals surface area (Å²) in [4.78, 5) is 25.4. The average molecular weight is 384 g/mol. The Bertz CT molecular complexity index is 669. The molecule has 2 bridgehead atoms. The first kappa shape index (κ1) is 18.2. The van der Waals surface area contributed by atoms with E-state index in [1.807, 2.05) is 0 Å². The smallest absolute Gasteiger partial charge is 0.308 e. The van der Waals surface area contributed by atoms with Gasteiger partial charge in [-0.15, -0.1) is 4.28 Å². The molecular weight excluding hydrogens is 366 g/mol.